The fourth-order valence-corrected chi connectivity index (χ4v) is 3.16. The third-order valence-corrected chi connectivity index (χ3v) is 4.73. The maximum atomic E-state index is 12.2. The van der Waals surface area contributed by atoms with Gasteiger partial charge in [0, 0.05) is 24.2 Å². The molecule has 1 aliphatic rings. The van der Waals surface area contributed by atoms with Crippen molar-refractivity contribution in [3.63, 3.8) is 0 Å². The van der Waals surface area contributed by atoms with Gasteiger partial charge < -0.3 is 15.2 Å². The summed E-state index contributed by atoms with van der Waals surface area (Å²) in [5.41, 5.74) is 0.831. The number of aromatic nitrogens is 3. The van der Waals surface area contributed by atoms with Crippen molar-refractivity contribution in [3.8, 4) is 0 Å². The van der Waals surface area contributed by atoms with Crippen LogP contribution in [0.4, 0.5) is 5.69 Å². The molecule has 1 aromatic heterocycles. The van der Waals surface area contributed by atoms with E-state index in [9.17, 15) is 4.79 Å². The van der Waals surface area contributed by atoms with Gasteiger partial charge in [-0.1, -0.05) is 0 Å². The Kier molecular flexibility index (Phi) is 4.74. The van der Waals surface area contributed by atoms with Crippen LogP contribution < -0.4 is 10.6 Å². The molecule has 3 rings (SSSR count). The number of nitrogens with one attached hydrogen (secondary N) is 2. The van der Waals surface area contributed by atoms with Crippen molar-refractivity contribution in [2.24, 2.45) is 13.0 Å². The predicted octanol–water partition coefficient (Wildman–Crippen LogP) is 1.90. The maximum Gasteiger partial charge on any atom is 0.228 e. The van der Waals surface area contributed by atoms with Crippen LogP contribution in [0.5, 0.6) is 0 Å². The van der Waals surface area contributed by atoms with E-state index in [0.29, 0.717) is 0 Å². The first-order valence-corrected chi connectivity index (χ1v) is 8.17. The third kappa shape index (κ3) is 3.66. The highest BCUT2D eigenvalue weighted by molar-refractivity contribution is 7.99. The van der Waals surface area contributed by atoms with E-state index in [1.165, 1.54) is 0 Å². The number of rotatable bonds is 4. The van der Waals surface area contributed by atoms with Crippen molar-refractivity contribution in [3.05, 3.63) is 30.6 Å². The molecule has 2 heterocycles. The van der Waals surface area contributed by atoms with Gasteiger partial charge in [0.2, 0.25) is 5.91 Å². The van der Waals surface area contributed by atoms with Gasteiger partial charge in [0.25, 0.3) is 0 Å². The Hall–Kier alpha value is -1.86. The molecule has 1 amide bonds. The number of anilines is 1. The molecule has 2 aromatic rings. The summed E-state index contributed by atoms with van der Waals surface area (Å²) >= 11 is 1.54. The molecule has 1 saturated heterocycles. The lowest BCUT2D eigenvalue weighted by Gasteiger charge is -2.21. The number of nitrogens with zero attached hydrogens (tertiary/aromatic N) is 3. The van der Waals surface area contributed by atoms with Crippen molar-refractivity contribution < 1.29 is 4.79 Å². The number of piperidine rings is 1. The van der Waals surface area contributed by atoms with Crippen molar-refractivity contribution in [1.29, 1.82) is 0 Å². The van der Waals surface area contributed by atoms with Gasteiger partial charge in [-0.2, -0.15) is 0 Å². The topological polar surface area (TPSA) is 71.8 Å². The third-order valence-electron chi connectivity index (χ3n) is 3.67. The van der Waals surface area contributed by atoms with Gasteiger partial charge in [-0.15, -0.1) is 10.2 Å². The molecular formula is C15H19N5OS. The maximum absolute atomic E-state index is 12.2. The van der Waals surface area contributed by atoms with E-state index >= 15 is 0 Å². The summed E-state index contributed by atoms with van der Waals surface area (Å²) < 4.78 is 1.87. The zero-order valence-corrected chi connectivity index (χ0v) is 13.3. The molecule has 2 N–H and O–H groups in total. The molecule has 22 heavy (non-hydrogen) atoms. The van der Waals surface area contributed by atoms with E-state index in [1.807, 2.05) is 35.9 Å². The predicted molar refractivity (Wildman–Crippen MR) is 85.8 cm³/mol. The first kappa shape index (κ1) is 15.1. The monoisotopic (exact) mass is 317 g/mol. The van der Waals surface area contributed by atoms with Crippen LogP contribution in [0, 0.1) is 5.92 Å². The van der Waals surface area contributed by atoms with Crippen LogP contribution in [0.15, 0.2) is 40.6 Å². The van der Waals surface area contributed by atoms with Crippen molar-refractivity contribution in [2.75, 3.05) is 18.4 Å². The van der Waals surface area contributed by atoms with Gasteiger partial charge >= 0.3 is 0 Å². The Morgan fingerprint density at radius 2 is 2.23 bits per heavy atom. The quantitative estimate of drug-likeness (QED) is 0.901. The lowest BCUT2D eigenvalue weighted by Crippen LogP contribution is -2.37. The number of hydrogen-bond acceptors (Lipinski definition) is 5. The van der Waals surface area contributed by atoms with E-state index in [1.54, 1.807) is 18.1 Å². The Morgan fingerprint density at radius 3 is 2.86 bits per heavy atom. The molecule has 1 aromatic carbocycles. The average Bonchev–Trinajstić information content (AvgIpc) is 2.95. The van der Waals surface area contributed by atoms with E-state index < -0.39 is 0 Å². The van der Waals surface area contributed by atoms with Crippen molar-refractivity contribution >= 4 is 23.4 Å². The number of carbonyl (C=O) groups is 1. The summed E-state index contributed by atoms with van der Waals surface area (Å²) in [6, 6.07) is 7.81. The number of aryl methyl sites for hydroxylation is 1. The molecule has 116 valence electrons. The minimum Gasteiger partial charge on any atom is -0.326 e. The molecule has 1 unspecified atom stereocenters. The number of hydrogen-bond donors (Lipinski definition) is 2. The Morgan fingerprint density at radius 1 is 1.41 bits per heavy atom. The summed E-state index contributed by atoms with van der Waals surface area (Å²) in [5.74, 6) is 0.169. The largest absolute Gasteiger partial charge is 0.326 e. The molecular weight excluding hydrogens is 298 g/mol. The van der Waals surface area contributed by atoms with E-state index in [4.69, 9.17) is 0 Å². The van der Waals surface area contributed by atoms with E-state index in [2.05, 4.69) is 20.8 Å². The second-order valence-corrected chi connectivity index (χ2v) is 6.42. The lowest BCUT2D eigenvalue weighted by atomic mass is 9.99. The summed E-state index contributed by atoms with van der Waals surface area (Å²) in [4.78, 5) is 13.2. The van der Waals surface area contributed by atoms with Gasteiger partial charge in [0.05, 0.1) is 5.92 Å². The molecule has 1 aliphatic heterocycles. The molecule has 6 nitrogen and oxygen atoms in total. The van der Waals surface area contributed by atoms with Crippen LogP contribution in [-0.4, -0.2) is 33.8 Å². The zero-order chi connectivity index (χ0) is 15.4. The molecule has 1 fully saturated rings. The first-order chi connectivity index (χ1) is 10.7. The Balaban J connectivity index is 1.59. The van der Waals surface area contributed by atoms with Gasteiger partial charge in [0.15, 0.2) is 5.16 Å². The smallest absolute Gasteiger partial charge is 0.228 e. The molecule has 0 bridgehead atoms. The summed E-state index contributed by atoms with van der Waals surface area (Å²) in [6.45, 7) is 1.78. The Bertz CT molecular complexity index is 634. The second kappa shape index (κ2) is 6.93. The van der Waals surface area contributed by atoms with Crippen LogP contribution in [0.3, 0.4) is 0 Å². The molecule has 0 saturated carbocycles. The van der Waals surface area contributed by atoms with Gasteiger partial charge in [-0.3, -0.25) is 4.79 Å². The zero-order valence-electron chi connectivity index (χ0n) is 12.5. The minimum atomic E-state index is 0.0708. The lowest BCUT2D eigenvalue weighted by molar-refractivity contribution is -0.120. The summed E-state index contributed by atoms with van der Waals surface area (Å²) in [7, 11) is 1.91. The van der Waals surface area contributed by atoms with Crippen LogP contribution in [0.25, 0.3) is 0 Å². The fourth-order valence-electron chi connectivity index (χ4n) is 2.40. The first-order valence-electron chi connectivity index (χ1n) is 7.36. The highest BCUT2D eigenvalue weighted by Gasteiger charge is 2.20. The van der Waals surface area contributed by atoms with E-state index in [0.717, 1.165) is 41.7 Å². The van der Waals surface area contributed by atoms with Crippen molar-refractivity contribution in [2.45, 2.75) is 22.9 Å². The highest BCUT2D eigenvalue weighted by atomic mass is 32.2. The van der Waals surface area contributed by atoms with Crippen molar-refractivity contribution in [1.82, 2.24) is 20.1 Å². The standard InChI is InChI=1S/C15H19N5OS/c1-20-10-17-19-15(20)22-13-6-4-12(5-7-13)18-14(21)11-3-2-8-16-9-11/h4-7,10-11,16H,2-3,8-9H2,1H3,(H,18,21). The molecule has 0 aliphatic carbocycles. The summed E-state index contributed by atoms with van der Waals surface area (Å²) in [5, 5.41) is 15.0. The molecule has 1 atom stereocenters. The number of benzene rings is 1. The average molecular weight is 317 g/mol. The highest BCUT2D eigenvalue weighted by Crippen LogP contribution is 2.26. The van der Waals surface area contributed by atoms with E-state index in [-0.39, 0.29) is 11.8 Å². The minimum absolute atomic E-state index is 0.0708. The molecule has 7 heteroatoms. The Labute approximate surface area is 133 Å². The number of amides is 1. The van der Waals surface area contributed by atoms with Crippen LogP contribution in [-0.2, 0) is 11.8 Å². The SMILES string of the molecule is Cn1cnnc1Sc1ccc(NC(=O)C2CCCNC2)cc1. The van der Waals surface area contributed by atoms with Crippen LogP contribution in [0.2, 0.25) is 0 Å². The fraction of sp³-hybridized carbons (Fsp3) is 0.400. The second-order valence-electron chi connectivity index (χ2n) is 5.38. The number of carbonyl (C=O) groups excluding carboxylic acids is 1. The van der Waals surface area contributed by atoms with Gasteiger partial charge in [0.1, 0.15) is 6.33 Å². The van der Waals surface area contributed by atoms with Gasteiger partial charge in [-0.05, 0) is 55.4 Å². The normalized spacial score (nSPS) is 18.1. The summed E-state index contributed by atoms with van der Waals surface area (Å²) in [6.07, 6.45) is 3.69. The van der Waals surface area contributed by atoms with Crippen LogP contribution >= 0.6 is 11.8 Å². The van der Waals surface area contributed by atoms with Gasteiger partial charge in [-0.25, -0.2) is 0 Å². The molecule has 0 spiro atoms. The molecule has 0 radical (unpaired) electrons. The van der Waals surface area contributed by atoms with Crippen LogP contribution in [0.1, 0.15) is 12.8 Å².